The van der Waals surface area contributed by atoms with Crippen LogP contribution in [0.2, 0.25) is 0 Å². The predicted octanol–water partition coefficient (Wildman–Crippen LogP) is 4.65. The number of aromatic amines is 1. The molecular weight excluding hydrogens is 284 g/mol. The van der Waals surface area contributed by atoms with Gasteiger partial charge >= 0.3 is 0 Å². The molecule has 0 unspecified atom stereocenters. The second kappa shape index (κ2) is 5.84. The Labute approximate surface area is 136 Å². The lowest BCUT2D eigenvalue weighted by molar-refractivity contribution is 0.318. The molecule has 0 saturated heterocycles. The van der Waals surface area contributed by atoms with Crippen molar-refractivity contribution in [2.45, 2.75) is 44.9 Å². The van der Waals surface area contributed by atoms with Crippen molar-refractivity contribution in [2.24, 2.45) is 13.0 Å². The summed E-state index contributed by atoms with van der Waals surface area (Å²) in [7, 11) is 1.95. The Bertz CT molecular complexity index is 806. The second-order valence-electron chi connectivity index (χ2n) is 6.90. The summed E-state index contributed by atoms with van der Waals surface area (Å²) in [5.74, 6) is 1.60. The Kier molecular flexibility index (Phi) is 3.68. The number of aryl methyl sites for hydroxylation is 1. The quantitative estimate of drug-likeness (QED) is 0.765. The summed E-state index contributed by atoms with van der Waals surface area (Å²) < 4.78 is 1.84. The third-order valence-corrected chi connectivity index (χ3v) is 5.46. The molecule has 1 aliphatic rings. The van der Waals surface area contributed by atoms with E-state index < -0.39 is 0 Å². The number of hydrogen-bond acceptors (Lipinski definition) is 2. The van der Waals surface area contributed by atoms with Crippen LogP contribution in [-0.4, -0.2) is 19.7 Å². The zero-order chi connectivity index (χ0) is 15.8. The van der Waals surface area contributed by atoms with Gasteiger partial charge < -0.3 is 4.98 Å². The average Bonchev–Trinajstić information content (AvgIpc) is 3.20. The molecule has 4 heteroatoms. The van der Waals surface area contributed by atoms with Crippen LogP contribution in [0.15, 0.2) is 30.9 Å². The first-order chi connectivity index (χ1) is 11.2. The van der Waals surface area contributed by atoms with Gasteiger partial charge in [-0.1, -0.05) is 13.3 Å². The van der Waals surface area contributed by atoms with Gasteiger partial charge in [-0.15, -0.1) is 0 Å². The number of pyridine rings is 1. The summed E-state index contributed by atoms with van der Waals surface area (Å²) >= 11 is 0. The molecule has 1 saturated carbocycles. The molecule has 1 fully saturated rings. The number of H-pyrrole nitrogens is 1. The molecule has 0 aromatic carbocycles. The monoisotopic (exact) mass is 308 g/mol. The van der Waals surface area contributed by atoms with Crippen LogP contribution >= 0.6 is 0 Å². The maximum Gasteiger partial charge on any atom is 0.137 e. The molecule has 3 heterocycles. The van der Waals surface area contributed by atoms with Crippen molar-refractivity contribution in [3.05, 3.63) is 36.4 Å². The Morgan fingerprint density at radius 2 is 2.04 bits per heavy atom. The molecule has 0 bridgehead atoms. The van der Waals surface area contributed by atoms with Crippen LogP contribution in [0.25, 0.3) is 22.2 Å². The van der Waals surface area contributed by atoms with Crippen molar-refractivity contribution in [1.29, 1.82) is 0 Å². The van der Waals surface area contributed by atoms with E-state index in [1.807, 2.05) is 24.1 Å². The van der Waals surface area contributed by atoms with E-state index >= 15 is 0 Å². The van der Waals surface area contributed by atoms with E-state index in [0.717, 1.165) is 17.1 Å². The third-order valence-electron chi connectivity index (χ3n) is 5.46. The number of hydrogen-bond donors (Lipinski definition) is 1. The van der Waals surface area contributed by atoms with Crippen LogP contribution in [0.4, 0.5) is 0 Å². The van der Waals surface area contributed by atoms with Gasteiger partial charge in [0, 0.05) is 42.2 Å². The lowest BCUT2D eigenvalue weighted by Gasteiger charge is -2.27. The van der Waals surface area contributed by atoms with Crippen molar-refractivity contribution in [2.75, 3.05) is 0 Å². The van der Waals surface area contributed by atoms with Crippen molar-refractivity contribution in [1.82, 2.24) is 19.7 Å². The van der Waals surface area contributed by atoms with Crippen LogP contribution in [0.5, 0.6) is 0 Å². The molecule has 1 aliphatic carbocycles. The van der Waals surface area contributed by atoms with E-state index in [-0.39, 0.29) is 0 Å². The molecule has 4 rings (SSSR count). The molecule has 1 N–H and O–H groups in total. The van der Waals surface area contributed by atoms with Gasteiger partial charge in [-0.05, 0) is 49.1 Å². The Balaban J connectivity index is 1.67. The van der Waals surface area contributed by atoms with Gasteiger partial charge in [0.05, 0.1) is 6.20 Å². The van der Waals surface area contributed by atoms with Crippen LogP contribution in [-0.2, 0) is 7.05 Å². The topological polar surface area (TPSA) is 46.5 Å². The molecular formula is C19H24N4. The largest absolute Gasteiger partial charge is 0.346 e. The fourth-order valence-electron chi connectivity index (χ4n) is 3.95. The predicted molar refractivity (Wildman–Crippen MR) is 93.3 cm³/mol. The summed E-state index contributed by atoms with van der Waals surface area (Å²) in [5, 5.41) is 5.51. The van der Waals surface area contributed by atoms with Gasteiger partial charge in [-0.25, -0.2) is 4.98 Å². The van der Waals surface area contributed by atoms with Gasteiger partial charge in [0.15, 0.2) is 0 Å². The van der Waals surface area contributed by atoms with Gasteiger partial charge in [-0.2, -0.15) is 5.10 Å². The van der Waals surface area contributed by atoms with Crippen molar-refractivity contribution >= 4 is 11.0 Å². The summed E-state index contributed by atoms with van der Waals surface area (Å²) in [6.45, 7) is 2.32. The zero-order valence-corrected chi connectivity index (χ0v) is 13.9. The highest BCUT2D eigenvalue weighted by Gasteiger charge is 2.22. The summed E-state index contributed by atoms with van der Waals surface area (Å²) in [5.41, 5.74) is 4.71. The van der Waals surface area contributed by atoms with E-state index in [9.17, 15) is 0 Å². The standard InChI is InChI=1S/C19H24N4/c1-3-13-4-6-14(7-5-13)15-8-17-18(11-21-19(17)20-9-15)16-10-22-23(2)12-16/h8-14H,3-7H2,1-2H3,(H,20,21). The van der Waals surface area contributed by atoms with E-state index in [2.05, 4.69) is 40.5 Å². The first kappa shape index (κ1) is 14.5. The minimum atomic E-state index is 0.673. The first-order valence-electron chi connectivity index (χ1n) is 8.70. The first-order valence-corrected chi connectivity index (χ1v) is 8.70. The van der Waals surface area contributed by atoms with Crippen LogP contribution in [0.3, 0.4) is 0 Å². The van der Waals surface area contributed by atoms with E-state index in [1.165, 1.54) is 48.6 Å². The smallest absolute Gasteiger partial charge is 0.137 e. The highest BCUT2D eigenvalue weighted by atomic mass is 15.2. The Morgan fingerprint density at radius 1 is 1.22 bits per heavy atom. The van der Waals surface area contributed by atoms with Gasteiger partial charge in [0.1, 0.15) is 5.65 Å². The van der Waals surface area contributed by atoms with Crippen molar-refractivity contribution in [3.63, 3.8) is 0 Å². The molecule has 0 spiro atoms. The lowest BCUT2D eigenvalue weighted by atomic mass is 9.78. The van der Waals surface area contributed by atoms with Crippen LogP contribution < -0.4 is 0 Å². The molecule has 3 aromatic heterocycles. The average molecular weight is 308 g/mol. The van der Waals surface area contributed by atoms with Crippen molar-refractivity contribution < 1.29 is 0 Å². The van der Waals surface area contributed by atoms with E-state index in [1.54, 1.807) is 0 Å². The third kappa shape index (κ3) is 2.67. The van der Waals surface area contributed by atoms with Gasteiger partial charge in [-0.3, -0.25) is 4.68 Å². The molecule has 4 nitrogen and oxygen atoms in total. The van der Waals surface area contributed by atoms with Gasteiger partial charge in [0.25, 0.3) is 0 Å². The van der Waals surface area contributed by atoms with Crippen molar-refractivity contribution in [3.8, 4) is 11.1 Å². The van der Waals surface area contributed by atoms with E-state index in [4.69, 9.17) is 0 Å². The SMILES string of the molecule is CCC1CCC(c2cnc3[nH]cc(-c4cnn(C)c4)c3c2)CC1. The highest BCUT2D eigenvalue weighted by Crippen LogP contribution is 2.38. The Hall–Kier alpha value is -2.10. The minimum Gasteiger partial charge on any atom is -0.346 e. The fraction of sp³-hybridized carbons (Fsp3) is 0.474. The number of nitrogens with zero attached hydrogens (tertiary/aromatic N) is 3. The molecule has 120 valence electrons. The second-order valence-corrected chi connectivity index (χ2v) is 6.90. The van der Waals surface area contributed by atoms with Gasteiger partial charge in [0.2, 0.25) is 0 Å². The number of nitrogens with one attached hydrogen (secondary N) is 1. The molecule has 0 aliphatic heterocycles. The van der Waals surface area contributed by atoms with E-state index in [0.29, 0.717) is 5.92 Å². The summed E-state index contributed by atoms with van der Waals surface area (Å²) in [6.07, 6.45) is 14.8. The molecule has 0 radical (unpaired) electrons. The van der Waals surface area contributed by atoms with Crippen LogP contribution in [0, 0.1) is 5.92 Å². The fourth-order valence-corrected chi connectivity index (χ4v) is 3.95. The number of fused-ring (bicyclic) bond motifs is 1. The Morgan fingerprint density at radius 3 is 2.74 bits per heavy atom. The molecule has 0 atom stereocenters. The molecule has 23 heavy (non-hydrogen) atoms. The maximum atomic E-state index is 4.67. The normalized spacial score (nSPS) is 21.8. The minimum absolute atomic E-state index is 0.673. The lowest BCUT2D eigenvalue weighted by Crippen LogP contribution is -2.12. The number of aromatic nitrogens is 4. The summed E-state index contributed by atoms with van der Waals surface area (Å²) in [6, 6.07) is 2.35. The maximum absolute atomic E-state index is 4.67. The molecule has 3 aromatic rings. The zero-order valence-electron chi connectivity index (χ0n) is 13.9. The number of rotatable bonds is 3. The molecule has 0 amide bonds. The highest BCUT2D eigenvalue weighted by molar-refractivity contribution is 5.93. The van der Waals surface area contributed by atoms with Crippen LogP contribution in [0.1, 0.15) is 50.5 Å². The summed E-state index contributed by atoms with van der Waals surface area (Å²) in [4.78, 5) is 7.96.